The molecule has 0 fully saturated rings. The summed E-state index contributed by atoms with van der Waals surface area (Å²) in [5.41, 5.74) is 6.13. The average molecular weight is 266 g/mol. The third-order valence-corrected chi connectivity index (χ3v) is 2.75. The second-order valence-electron chi connectivity index (χ2n) is 3.64. The maximum atomic E-state index is 11.7. The van der Waals surface area contributed by atoms with E-state index in [4.69, 9.17) is 26.5 Å². The number of ether oxygens (including phenoxy) is 1. The fourth-order valence-electron chi connectivity index (χ4n) is 1.43. The molecular formula is C13H12ClNO3. The number of halogens is 1. The third-order valence-electron chi connectivity index (χ3n) is 2.38. The van der Waals surface area contributed by atoms with Gasteiger partial charge in [0.1, 0.15) is 12.4 Å². The Morgan fingerprint density at radius 2 is 2.06 bits per heavy atom. The molecule has 0 amide bonds. The van der Waals surface area contributed by atoms with Gasteiger partial charge in [-0.2, -0.15) is 0 Å². The van der Waals surface area contributed by atoms with Gasteiger partial charge in [0.05, 0.1) is 6.54 Å². The molecule has 18 heavy (non-hydrogen) atoms. The second kappa shape index (κ2) is 5.71. The number of rotatable bonds is 4. The zero-order valence-electron chi connectivity index (χ0n) is 9.56. The molecule has 5 heteroatoms. The first-order chi connectivity index (χ1) is 8.70. The monoisotopic (exact) mass is 265 g/mol. The van der Waals surface area contributed by atoms with Crippen LogP contribution < -0.4 is 5.73 Å². The fourth-order valence-corrected chi connectivity index (χ4v) is 1.62. The summed E-state index contributed by atoms with van der Waals surface area (Å²) in [6.45, 7) is 0.356. The highest BCUT2D eigenvalue weighted by Gasteiger charge is 2.12. The minimum Gasteiger partial charge on any atom is -0.455 e. The van der Waals surface area contributed by atoms with Crippen LogP contribution in [0.15, 0.2) is 40.8 Å². The van der Waals surface area contributed by atoms with Crippen LogP contribution in [0.25, 0.3) is 0 Å². The van der Waals surface area contributed by atoms with Gasteiger partial charge in [-0.1, -0.05) is 29.8 Å². The highest BCUT2D eigenvalue weighted by atomic mass is 35.5. The lowest BCUT2D eigenvalue weighted by Gasteiger charge is -2.04. The van der Waals surface area contributed by atoms with Crippen LogP contribution in [0.3, 0.4) is 0 Å². The van der Waals surface area contributed by atoms with E-state index >= 15 is 0 Å². The molecule has 1 heterocycles. The van der Waals surface area contributed by atoms with Crippen molar-refractivity contribution in [2.75, 3.05) is 0 Å². The molecule has 0 spiro atoms. The largest absolute Gasteiger partial charge is 0.455 e. The summed E-state index contributed by atoms with van der Waals surface area (Å²) in [6.07, 6.45) is 0. The van der Waals surface area contributed by atoms with Crippen LogP contribution in [0.5, 0.6) is 0 Å². The molecule has 2 rings (SSSR count). The van der Waals surface area contributed by atoms with Crippen LogP contribution >= 0.6 is 11.6 Å². The SMILES string of the molecule is NCc1ccc(C(=O)OCc2ccccc2Cl)o1. The van der Waals surface area contributed by atoms with Crippen LogP contribution in [-0.4, -0.2) is 5.97 Å². The quantitative estimate of drug-likeness (QED) is 0.864. The van der Waals surface area contributed by atoms with Crippen LogP contribution in [0.1, 0.15) is 21.9 Å². The van der Waals surface area contributed by atoms with E-state index in [0.29, 0.717) is 10.8 Å². The van der Waals surface area contributed by atoms with Crippen LogP contribution in [-0.2, 0) is 17.9 Å². The molecule has 2 N–H and O–H groups in total. The van der Waals surface area contributed by atoms with Crippen molar-refractivity contribution in [3.63, 3.8) is 0 Å². The number of carbonyl (C=O) groups is 1. The van der Waals surface area contributed by atoms with E-state index in [0.717, 1.165) is 5.56 Å². The van der Waals surface area contributed by atoms with E-state index in [1.54, 1.807) is 18.2 Å². The Balaban J connectivity index is 1.98. The Kier molecular flexibility index (Phi) is 4.02. The molecular weight excluding hydrogens is 254 g/mol. The van der Waals surface area contributed by atoms with Crippen LogP contribution in [0.4, 0.5) is 0 Å². The van der Waals surface area contributed by atoms with Crippen molar-refractivity contribution in [2.45, 2.75) is 13.2 Å². The Hall–Kier alpha value is -1.78. The standard InChI is InChI=1S/C13H12ClNO3/c14-11-4-2-1-3-9(11)8-17-13(16)12-6-5-10(7-15)18-12/h1-6H,7-8,15H2. The molecule has 1 aromatic heterocycles. The fraction of sp³-hybridized carbons (Fsp3) is 0.154. The Labute approximate surface area is 109 Å². The van der Waals surface area contributed by atoms with Crippen molar-refractivity contribution >= 4 is 17.6 Å². The van der Waals surface area contributed by atoms with E-state index in [-0.39, 0.29) is 18.9 Å². The van der Waals surface area contributed by atoms with Crippen LogP contribution in [0.2, 0.25) is 5.02 Å². The first kappa shape index (κ1) is 12.7. The maximum absolute atomic E-state index is 11.7. The van der Waals surface area contributed by atoms with E-state index in [1.807, 2.05) is 12.1 Å². The van der Waals surface area contributed by atoms with E-state index in [1.165, 1.54) is 6.07 Å². The van der Waals surface area contributed by atoms with Gasteiger partial charge in [0.2, 0.25) is 5.76 Å². The normalized spacial score (nSPS) is 10.3. The molecule has 0 bridgehead atoms. The van der Waals surface area contributed by atoms with Gasteiger partial charge in [-0.15, -0.1) is 0 Å². The van der Waals surface area contributed by atoms with Gasteiger partial charge >= 0.3 is 5.97 Å². The molecule has 0 saturated carbocycles. The van der Waals surface area contributed by atoms with Crippen molar-refractivity contribution in [3.8, 4) is 0 Å². The lowest BCUT2D eigenvalue weighted by molar-refractivity contribution is 0.0434. The van der Waals surface area contributed by atoms with Gasteiger partial charge in [0, 0.05) is 10.6 Å². The molecule has 0 unspecified atom stereocenters. The number of hydrogen-bond acceptors (Lipinski definition) is 4. The van der Waals surface area contributed by atoms with E-state index < -0.39 is 5.97 Å². The molecule has 1 aromatic carbocycles. The number of benzene rings is 1. The maximum Gasteiger partial charge on any atom is 0.374 e. The first-order valence-electron chi connectivity index (χ1n) is 5.40. The van der Waals surface area contributed by atoms with Crippen molar-refractivity contribution in [1.29, 1.82) is 0 Å². The molecule has 0 aliphatic heterocycles. The zero-order valence-corrected chi connectivity index (χ0v) is 10.3. The highest BCUT2D eigenvalue weighted by Crippen LogP contribution is 2.17. The Morgan fingerprint density at radius 3 is 2.72 bits per heavy atom. The molecule has 0 aliphatic carbocycles. The number of nitrogens with two attached hydrogens (primary N) is 1. The minimum atomic E-state index is -0.533. The summed E-state index contributed by atoms with van der Waals surface area (Å²) in [6, 6.07) is 10.4. The zero-order chi connectivity index (χ0) is 13.0. The molecule has 4 nitrogen and oxygen atoms in total. The summed E-state index contributed by atoms with van der Waals surface area (Å²) in [5.74, 6) is 0.150. The second-order valence-corrected chi connectivity index (χ2v) is 4.04. The van der Waals surface area contributed by atoms with Crippen molar-refractivity contribution in [2.24, 2.45) is 5.73 Å². The predicted octanol–water partition coefficient (Wildman–Crippen LogP) is 2.75. The van der Waals surface area contributed by atoms with E-state index in [9.17, 15) is 4.79 Å². The number of furan rings is 1. The first-order valence-corrected chi connectivity index (χ1v) is 5.78. The third kappa shape index (κ3) is 2.91. The smallest absolute Gasteiger partial charge is 0.374 e. The summed E-state index contributed by atoms with van der Waals surface area (Å²) in [4.78, 5) is 11.7. The Bertz CT molecular complexity index is 551. The van der Waals surface area contributed by atoms with Gasteiger partial charge in [-0.05, 0) is 18.2 Å². The number of hydrogen-bond donors (Lipinski definition) is 1. The summed E-state index contributed by atoms with van der Waals surface area (Å²) < 4.78 is 10.3. The summed E-state index contributed by atoms with van der Waals surface area (Å²) >= 11 is 5.95. The molecule has 0 atom stereocenters. The van der Waals surface area contributed by atoms with Crippen LogP contribution in [0, 0.1) is 0 Å². The van der Waals surface area contributed by atoms with Gasteiger partial charge in [0.25, 0.3) is 0 Å². The summed E-state index contributed by atoms with van der Waals surface area (Å²) in [7, 11) is 0. The van der Waals surface area contributed by atoms with Crippen molar-refractivity contribution in [1.82, 2.24) is 0 Å². The topological polar surface area (TPSA) is 65.5 Å². The van der Waals surface area contributed by atoms with Gasteiger partial charge in [0.15, 0.2) is 0 Å². The number of esters is 1. The molecule has 0 radical (unpaired) electrons. The Morgan fingerprint density at radius 1 is 1.28 bits per heavy atom. The van der Waals surface area contributed by atoms with Gasteiger partial charge in [-0.25, -0.2) is 4.79 Å². The molecule has 94 valence electrons. The van der Waals surface area contributed by atoms with Gasteiger partial charge in [-0.3, -0.25) is 0 Å². The predicted molar refractivity (Wildman–Crippen MR) is 67.2 cm³/mol. The summed E-state index contributed by atoms with van der Waals surface area (Å²) in [5, 5.41) is 0.562. The lowest BCUT2D eigenvalue weighted by Crippen LogP contribution is -2.04. The average Bonchev–Trinajstić information content (AvgIpc) is 2.86. The minimum absolute atomic E-state index is 0.108. The molecule has 0 saturated heterocycles. The van der Waals surface area contributed by atoms with E-state index in [2.05, 4.69) is 0 Å². The van der Waals surface area contributed by atoms with Crippen molar-refractivity contribution < 1.29 is 13.9 Å². The highest BCUT2D eigenvalue weighted by molar-refractivity contribution is 6.31. The van der Waals surface area contributed by atoms with Gasteiger partial charge < -0.3 is 14.9 Å². The molecule has 0 aliphatic rings. The number of carbonyl (C=O) groups excluding carboxylic acids is 1. The lowest BCUT2D eigenvalue weighted by atomic mass is 10.2. The molecule has 2 aromatic rings. The van der Waals surface area contributed by atoms with Crippen molar-refractivity contribution in [3.05, 3.63) is 58.5 Å².